The fourth-order valence-corrected chi connectivity index (χ4v) is 3.43. The van der Waals surface area contributed by atoms with Crippen LogP contribution in [0.15, 0.2) is 42.5 Å². The molecule has 0 aliphatic carbocycles. The fourth-order valence-electron chi connectivity index (χ4n) is 3.26. The van der Waals surface area contributed by atoms with Crippen molar-refractivity contribution in [2.24, 2.45) is 5.92 Å². The number of benzene rings is 2. The van der Waals surface area contributed by atoms with Gasteiger partial charge in [-0.05, 0) is 37.3 Å². The predicted octanol–water partition coefficient (Wildman–Crippen LogP) is 3.28. The average Bonchev–Trinajstić information content (AvgIpc) is 3.15. The van der Waals surface area contributed by atoms with E-state index in [0.717, 1.165) is 0 Å². The number of carbonyl (C=O) groups excluding carboxylic acids is 3. The Morgan fingerprint density at radius 1 is 1.19 bits per heavy atom. The minimum Gasteiger partial charge on any atom is -0.495 e. The van der Waals surface area contributed by atoms with Crippen molar-refractivity contribution in [3.63, 3.8) is 0 Å². The Morgan fingerprint density at radius 2 is 1.97 bits per heavy atom. The van der Waals surface area contributed by atoms with Gasteiger partial charge in [-0.1, -0.05) is 23.7 Å². The molecule has 0 radical (unpaired) electrons. The van der Waals surface area contributed by atoms with Crippen LogP contribution in [0.3, 0.4) is 0 Å². The quantitative estimate of drug-likeness (QED) is 0.625. The number of anilines is 2. The Hall–Kier alpha value is -3.26. The molecule has 0 unspecified atom stereocenters. The third-order valence-corrected chi connectivity index (χ3v) is 4.93. The molecule has 0 spiro atoms. The SMILES string of the molecule is CCOc1ccccc1NC(=O)COC(=O)[C@H]1CC(=O)N(c2cc(Cl)ccc2OC)C1. The first-order valence-electron chi connectivity index (χ1n) is 9.75. The molecular weight excluding hydrogens is 424 g/mol. The minimum absolute atomic E-state index is 0.0245. The molecule has 3 rings (SSSR count). The summed E-state index contributed by atoms with van der Waals surface area (Å²) in [4.78, 5) is 38.6. The number of nitrogens with zero attached hydrogens (tertiary/aromatic N) is 1. The third kappa shape index (κ3) is 5.46. The average molecular weight is 447 g/mol. The van der Waals surface area contributed by atoms with E-state index in [1.807, 2.05) is 6.92 Å². The number of amides is 2. The van der Waals surface area contributed by atoms with E-state index in [4.69, 9.17) is 25.8 Å². The molecule has 1 N–H and O–H groups in total. The smallest absolute Gasteiger partial charge is 0.311 e. The Bertz CT molecular complexity index is 980. The first kappa shape index (κ1) is 22.4. The topological polar surface area (TPSA) is 94.2 Å². The molecule has 2 amide bonds. The molecule has 2 aromatic rings. The number of halogens is 1. The van der Waals surface area contributed by atoms with Gasteiger partial charge in [-0.15, -0.1) is 0 Å². The maximum atomic E-state index is 12.5. The summed E-state index contributed by atoms with van der Waals surface area (Å²) in [6, 6.07) is 11.9. The van der Waals surface area contributed by atoms with Crippen molar-refractivity contribution in [3.05, 3.63) is 47.5 Å². The van der Waals surface area contributed by atoms with Crippen LogP contribution in [-0.2, 0) is 19.1 Å². The number of ether oxygens (including phenoxy) is 3. The third-order valence-electron chi connectivity index (χ3n) is 4.70. The van der Waals surface area contributed by atoms with Gasteiger partial charge in [0, 0.05) is 18.0 Å². The normalized spacial score (nSPS) is 15.5. The van der Waals surface area contributed by atoms with E-state index in [2.05, 4.69) is 5.32 Å². The van der Waals surface area contributed by atoms with Crippen LogP contribution in [0, 0.1) is 5.92 Å². The van der Waals surface area contributed by atoms with Crippen LogP contribution in [0.4, 0.5) is 11.4 Å². The Balaban J connectivity index is 1.58. The predicted molar refractivity (Wildman–Crippen MR) is 116 cm³/mol. The van der Waals surface area contributed by atoms with Crippen LogP contribution in [0.25, 0.3) is 0 Å². The number of nitrogens with one attached hydrogen (secondary N) is 1. The minimum atomic E-state index is -0.695. The molecule has 2 aromatic carbocycles. The van der Waals surface area contributed by atoms with E-state index in [-0.39, 0.29) is 18.9 Å². The van der Waals surface area contributed by atoms with Gasteiger partial charge in [0.25, 0.3) is 5.91 Å². The summed E-state index contributed by atoms with van der Waals surface area (Å²) >= 11 is 6.04. The largest absolute Gasteiger partial charge is 0.495 e. The van der Waals surface area contributed by atoms with Crippen LogP contribution in [0.2, 0.25) is 5.02 Å². The lowest BCUT2D eigenvalue weighted by Crippen LogP contribution is -2.28. The second-order valence-electron chi connectivity index (χ2n) is 6.81. The van der Waals surface area contributed by atoms with Crippen molar-refractivity contribution in [2.75, 3.05) is 37.1 Å². The van der Waals surface area contributed by atoms with E-state index in [1.165, 1.54) is 12.0 Å². The Labute approximate surface area is 185 Å². The van der Waals surface area contributed by atoms with Gasteiger partial charge < -0.3 is 24.4 Å². The summed E-state index contributed by atoms with van der Waals surface area (Å²) in [6.07, 6.45) is -0.0245. The molecule has 1 saturated heterocycles. The molecular formula is C22H23ClN2O6. The van der Waals surface area contributed by atoms with Gasteiger partial charge in [-0.2, -0.15) is 0 Å². The molecule has 164 valence electrons. The van der Waals surface area contributed by atoms with Crippen LogP contribution in [0.5, 0.6) is 11.5 Å². The molecule has 0 bridgehead atoms. The molecule has 0 aromatic heterocycles. The lowest BCUT2D eigenvalue weighted by atomic mass is 10.1. The summed E-state index contributed by atoms with van der Waals surface area (Å²) in [6.45, 7) is 1.94. The molecule has 0 saturated carbocycles. The highest BCUT2D eigenvalue weighted by atomic mass is 35.5. The summed E-state index contributed by atoms with van der Waals surface area (Å²) in [7, 11) is 1.49. The van der Waals surface area contributed by atoms with Gasteiger partial charge in [0.2, 0.25) is 5.91 Å². The van der Waals surface area contributed by atoms with Crippen molar-refractivity contribution >= 4 is 40.8 Å². The highest BCUT2D eigenvalue weighted by molar-refractivity contribution is 6.31. The first-order valence-corrected chi connectivity index (χ1v) is 10.1. The number of hydrogen-bond acceptors (Lipinski definition) is 6. The molecule has 1 aliphatic rings. The number of esters is 1. The maximum Gasteiger partial charge on any atom is 0.311 e. The monoisotopic (exact) mass is 446 g/mol. The molecule has 1 heterocycles. The van der Waals surface area contributed by atoms with Gasteiger partial charge >= 0.3 is 5.97 Å². The first-order chi connectivity index (χ1) is 14.9. The Morgan fingerprint density at radius 3 is 2.71 bits per heavy atom. The fraction of sp³-hybridized carbons (Fsp3) is 0.318. The number of hydrogen-bond donors (Lipinski definition) is 1. The number of methoxy groups -OCH3 is 1. The molecule has 1 atom stereocenters. The zero-order valence-electron chi connectivity index (χ0n) is 17.2. The summed E-state index contributed by atoms with van der Waals surface area (Å²) in [5, 5.41) is 3.10. The van der Waals surface area contributed by atoms with Crippen LogP contribution < -0.4 is 19.7 Å². The van der Waals surface area contributed by atoms with E-state index in [1.54, 1.807) is 42.5 Å². The van der Waals surface area contributed by atoms with Crippen molar-refractivity contribution in [1.29, 1.82) is 0 Å². The summed E-state index contributed by atoms with van der Waals surface area (Å²) < 4.78 is 15.9. The van der Waals surface area contributed by atoms with Crippen molar-refractivity contribution in [3.8, 4) is 11.5 Å². The van der Waals surface area contributed by atoms with Crippen LogP contribution in [0.1, 0.15) is 13.3 Å². The second kappa shape index (κ2) is 10.2. The van der Waals surface area contributed by atoms with Crippen LogP contribution >= 0.6 is 11.6 Å². The number of carbonyl (C=O) groups is 3. The standard InChI is InChI=1S/C22H23ClN2O6/c1-3-30-18-7-5-4-6-16(18)24-20(26)13-31-22(28)14-10-21(27)25(12-14)17-11-15(23)8-9-19(17)29-2/h4-9,11,14H,3,10,12-13H2,1-2H3,(H,24,26)/t14-/m0/s1. The Kier molecular flexibility index (Phi) is 7.36. The highest BCUT2D eigenvalue weighted by Gasteiger charge is 2.37. The molecule has 9 heteroatoms. The van der Waals surface area contributed by atoms with E-state index < -0.39 is 24.4 Å². The molecule has 1 aliphatic heterocycles. The van der Waals surface area contributed by atoms with Crippen molar-refractivity contribution in [1.82, 2.24) is 0 Å². The zero-order chi connectivity index (χ0) is 22.4. The molecule has 31 heavy (non-hydrogen) atoms. The summed E-state index contributed by atoms with van der Waals surface area (Å²) in [5.41, 5.74) is 0.973. The van der Waals surface area contributed by atoms with Gasteiger partial charge in [-0.3, -0.25) is 14.4 Å². The van der Waals surface area contributed by atoms with Gasteiger partial charge in [-0.25, -0.2) is 0 Å². The number of para-hydroxylation sites is 2. The molecule has 8 nitrogen and oxygen atoms in total. The van der Waals surface area contributed by atoms with Gasteiger partial charge in [0.05, 0.1) is 31.0 Å². The second-order valence-corrected chi connectivity index (χ2v) is 7.24. The number of rotatable bonds is 8. The van der Waals surface area contributed by atoms with Crippen LogP contribution in [-0.4, -0.2) is 44.7 Å². The lowest BCUT2D eigenvalue weighted by Gasteiger charge is -2.19. The van der Waals surface area contributed by atoms with E-state index in [9.17, 15) is 14.4 Å². The zero-order valence-corrected chi connectivity index (χ0v) is 18.0. The van der Waals surface area contributed by atoms with E-state index in [0.29, 0.717) is 34.5 Å². The van der Waals surface area contributed by atoms with Gasteiger partial charge in [0.1, 0.15) is 11.5 Å². The highest BCUT2D eigenvalue weighted by Crippen LogP contribution is 2.35. The lowest BCUT2D eigenvalue weighted by molar-refractivity contribution is -0.151. The van der Waals surface area contributed by atoms with Crippen molar-refractivity contribution in [2.45, 2.75) is 13.3 Å². The van der Waals surface area contributed by atoms with E-state index >= 15 is 0 Å². The van der Waals surface area contributed by atoms with Gasteiger partial charge in [0.15, 0.2) is 6.61 Å². The summed E-state index contributed by atoms with van der Waals surface area (Å²) in [5.74, 6) is -1.07. The molecule has 1 fully saturated rings. The maximum absolute atomic E-state index is 12.5. The van der Waals surface area contributed by atoms with Crippen molar-refractivity contribution < 1.29 is 28.6 Å².